The molecule has 2 aromatic carbocycles. The molecule has 0 atom stereocenters. The van der Waals surface area contributed by atoms with Crippen LogP contribution in [0.25, 0.3) is 0 Å². The van der Waals surface area contributed by atoms with Gasteiger partial charge in [0.25, 0.3) is 0 Å². The third-order valence-electron chi connectivity index (χ3n) is 2.69. The molecule has 3 nitrogen and oxygen atoms in total. The van der Waals surface area contributed by atoms with Crippen LogP contribution in [0.2, 0.25) is 0 Å². The summed E-state index contributed by atoms with van der Waals surface area (Å²) in [4.78, 5) is 12.4. The van der Waals surface area contributed by atoms with Gasteiger partial charge in [0.1, 0.15) is 0 Å². The Hall–Kier alpha value is -1.94. The van der Waals surface area contributed by atoms with Crippen LogP contribution in [0.4, 0.5) is 10.5 Å². The summed E-state index contributed by atoms with van der Waals surface area (Å²) in [5.74, 6) is 0. The molecule has 0 aliphatic heterocycles. The lowest BCUT2D eigenvalue weighted by atomic mass is 10.1. The summed E-state index contributed by atoms with van der Waals surface area (Å²) in [6.07, 6.45) is 0.816. The van der Waals surface area contributed by atoms with Crippen LogP contribution in [0.15, 0.2) is 59.5 Å². The van der Waals surface area contributed by atoms with Gasteiger partial charge in [0.15, 0.2) is 0 Å². The highest BCUT2D eigenvalue weighted by Gasteiger charge is 2.03. The van der Waals surface area contributed by atoms with Crippen molar-refractivity contribution in [2.24, 2.45) is 0 Å². The Morgan fingerprint density at radius 2 is 1.68 bits per heavy atom. The summed E-state index contributed by atoms with van der Waals surface area (Å²) in [6, 6.07) is 17.2. The lowest BCUT2D eigenvalue weighted by molar-refractivity contribution is 0.252. The number of carbonyl (C=O) groups is 1. The number of para-hydroxylation sites is 1. The number of amides is 2. The Kier molecular flexibility index (Phi) is 4.86. The van der Waals surface area contributed by atoms with Crippen molar-refractivity contribution in [3.8, 4) is 0 Å². The van der Waals surface area contributed by atoms with Crippen molar-refractivity contribution in [1.82, 2.24) is 5.32 Å². The number of hydrogen-bond acceptors (Lipinski definition) is 2. The zero-order chi connectivity index (χ0) is 13.5. The lowest BCUT2D eigenvalue weighted by Crippen LogP contribution is -2.30. The minimum atomic E-state index is -0.211. The molecule has 0 saturated heterocycles. The van der Waals surface area contributed by atoms with Gasteiger partial charge in [-0.2, -0.15) is 0 Å². The fourth-order valence-electron chi connectivity index (χ4n) is 1.71. The molecular weight excluding hydrogens is 256 g/mol. The van der Waals surface area contributed by atoms with Crippen LogP contribution >= 0.6 is 12.6 Å². The zero-order valence-electron chi connectivity index (χ0n) is 10.5. The van der Waals surface area contributed by atoms with Gasteiger partial charge >= 0.3 is 6.03 Å². The molecular formula is C15H16N2OS. The minimum absolute atomic E-state index is 0.211. The summed E-state index contributed by atoms with van der Waals surface area (Å²) in [5, 5.41) is 5.59. The summed E-state index contributed by atoms with van der Waals surface area (Å²) in [5.41, 5.74) is 1.92. The van der Waals surface area contributed by atoms with Gasteiger partial charge in [-0.25, -0.2) is 4.79 Å². The quantitative estimate of drug-likeness (QED) is 0.734. The SMILES string of the molecule is O=C(NCCc1ccccc1)Nc1ccccc1S. The minimum Gasteiger partial charge on any atom is -0.338 e. The van der Waals surface area contributed by atoms with E-state index in [-0.39, 0.29) is 6.03 Å². The third kappa shape index (κ3) is 4.34. The Morgan fingerprint density at radius 3 is 2.42 bits per heavy atom. The maximum Gasteiger partial charge on any atom is 0.319 e. The van der Waals surface area contributed by atoms with Crippen molar-refractivity contribution >= 4 is 24.3 Å². The largest absolute Gasteiger partial charge is 0.338 e. The van der Waals surface area contributed by atoms with Gasteiger partial charge in [-0.15, -0.1) is 12.6 Å². The molecule has 0 spiro atoms. The van der Waals surface area contributed by atoms with Crippen molar-refractivity contribution in [3.05, 3.63) is 60.2 Å². The van der Waals surface area contributed by atoms with Crippen LogP contribution in [-0.2, 0) is 6.42 Å². The maximum absolute atomic E-state index is 11.7. The molecule has 2 amide bonds. The number of rotatable bonds is 4. The Bertz CT molecular complexity index is 543. The number of benzene rings is 2. The molecule has 2 N–H and O–H groups in total. The highest BCUT2D eigenvalue weighted by molar-refractivity contribution is 7.80. The Morgan fingerprint density at radius 1 is 1.00 bits per heavy atom. The van der Waals surface area contributed by atoms with E-state index in [0.717, 1.165) is 11.3 Å². The van der Waals surface area contributed by atoms with E-state index in [4.69, 9.17) is 0 Å². The van der Waals surface area contributed by atoms with E-state index in [1.807, 2.05) is 54.6 Å². The topological polar surface area (TPSA) is 41.1 Å². The number of hydrogen-bond donors (Lipinski definition) is 3. The van der Waals surface area contributed by atoms with Crippen LogP contribution in [0.5, 0.6) is 0 Å². The fraction of sp³-hybridized carbons (Fsp3) is 0.133. The molecule has 4 heteroatoms. The van der Waals surface area contributed by atoms with Crippen LogP contribution in [0.1, 0.15) is 5.56 Å². The summed E-state index contributed by atoms with van der Waals surface area (Å²) in [7, 11) is 0. The molecule has 0 aliphatic carbocycles. The zero-order valence-corrected chi connectivity index (χ0v) is 11.4. The molecule has 2 rings (SSSR count). The number of anilines is 1. The van der Waals surface area contributed by atoms with E-state index in [0.29, 0.717) is 12.2 Å². The molecule has 19 heavy (non-hydrogen) atoms. The van der Waals surface area contributed by atoms with E-state index in [2.05, 4.69) is 23.3 Å². The summed E-state index contributed by atoms with van der Waals surface area (Å²) in [6.45, 7) is 0.602. The highest BCUT2D eigenvalue weighted by atomic mass is 32.1. The predicted molar refractivity (Wildman–Crippen MR) is 80.9 cm³/mol. The van der Waals surface area contributed by atoms with E-state index >= 15 is 0 Å². The van der Waals surface area contributed by atoms with Gasteiger partial charge in [-0.3, -0.25) is 0 Å². The van der Waals surface area contributed by atoms with Gasteiger partial charge in [0, 0.05) is 11.4 Å². The molecule has 0 heterocycles. The van der Waals surface area contributed by atoms with Crippen LogP contribution < -0.4 is 10.6 Å². The van der Waals surface area contributed by atoms with Crippen LogP contribution in [0, 0.1) is 0 Å². The molecule has 0 radical (unpaired) electrons. The Labute approximate surface area is 118 Å². The number of urea groups is 1. The van der Waals surface area contributed by atoms with Gasteiger partial charge < -0.3 is 10.6 Å². The average Bonchev–Trinajstić information content (AvgIpc) is 2.43. The molecule has 0 saturated carbocycles. The van der Waals surface area contributed by atoms with E-state index in [9.17, 15) is 4.79 Å². The second kappa shape index (κ2) is 6.85. The Balaban J connectivity index is 1.78. The van der Waals surface area contributed by atoms with Crippen molar-refractivity contribution in [3.63, 3.8) is 0 Å². The van der Waals surface area contributed by atoms with Crippen LogP contribution in [-0.4, -0.2) is 12.6 Å². The first-order valence-corrected chi connectivity index (χ1v) is 6.57. The van der Waals surface area contributed by atoms with Gasteiger partial charge in [0.2, 0.25) is 0 Å². The molecule has 0 aliphatic rings. The van der Waals surface area contributed by atoms with Gasteiger partial charge in [-0.05, 0) is 24.1 Å². The highest BCUT2D eigenvalue weighted by Crippen LogP contribution is 2.18. The molecule has 0 bridgehead atoms. The molecule has 0 aromatic heterocycles. The third-order valence-corrected chi connectivity index (χ3v) is 3.08. The van der Waals surface area contributed by atoms with Crippen molar-refractivity contribution < 1.29 is 4.79 Å². The standard InChI is InChI=1S/C15H16N2OS/c18-15(17-13-8-4-5-9-14(13)19)16-11-10-12-6-2-1-3-7-12/h1-9,19H,10-11H2,(H2,16,17,18). The van der Waals surface area contributed by atoms with Crippen LogP contribution in [0.3, 0.4) is 0 Å². The maximum atomic E-state index is 11.7. The van der Waals surface area contributed by atoms with Gasteiger partial charge in [-0.1, -0.05) is 42.5 Å². The van der Waals surface area contributed by atoms with Crippen molar-refractivity contribution in [1.29, 1.82) is 0 Å². The monoisotopic (exact) mass is 272 g/mol. The summed E-state index contributed by atoms with van der Waals surface area (Å²) >= 11 is 4.28. The average molecular weight is 272 g/mol. The van der Waals surface area contributed by atoms with E-state index in [1.54, 1.807) is 0 Å². The molecule has 2 aromatic rings. The van der Waals surface area contributed by atoms with E-state index < -0.39 is 0 Å². The van der Waals surface area contributed by atoms with Crippen molar-refractivity contribution in [2.75, 3.05) is 11.9 Å². The van der Waals surface area contributed by atoms with E-state index in [1.165, 1.54) is 5.56 Å². The van der Waals surface area contributed by atoms with Crippen molar-refractivity contribution in [2.45, 2.75) is 11.3 Å². The molecule has 0 unspecified atom stereocenters. The predicted octanol–water partition coefficient (Wildman–Crippen LogP) is 3.34. The second-order valence-corrected chi connectivity index (χ2v) is 4.62. The lowest BCUT2D eigenvalue weighted by Gasteiger charge is -2.09. The fourth-order valence-corrected chi connectivity index (χ4v) is 1.93. The number of carbonyl (C=O) groups excluding carboxylic acids is 1. The number of thiol groups is 1. The van der Waals surface area contributed by atoms with Gasteiger partial charge in [0.05, 0.1) is 5.69 Å². The first-order valence-electron chi connectivity index (χ1n) is 6.12. The number of nitrogens with one attached hydrogen (secondary N) is 2. The first kappa shape index (κ1) is 13.5. The second-order valence-electron chi connectivity index (χ2n) is 4.13. The summed E-state index contributed by atoms with van der Waals surface area (Å²) < 4.78 is 0. The first-order chi connectivity index (χ1) is 9.25. The normalized spacial score (nSPS) is 9.95. The molecule has 98 valence electrons. The molecule has 0 fully saturated rings. The smallest absolute Gasteiger partial charge is 0.319 e.